The van der Waals surface area contributed by atoms with Crippen LogP contribution < -0.4 is 14.5 Å². The van der Waals surface area contributed by atoms with Crippen LogP contribution in [0.15, 0.2) is 22.2 Å². The number of pyridine rings is 1. The Morgan fingerprint density at radius 3 is 2.60 bits per heavy atom. The Morgan fingerprint density at radius 2 is 1.94 bits per heavy atom. The lowest BCUT2D eigenvalue weighted by Gasteiger charge is -2.51. The zero-order chi connectivity index (χ0) is 24.2. The molecule has 0 bridgehead atoms. The molecule has 0 amide bonds. The number of rotatable bonds is 4. The van der Waals surface area contributed by atoms with Crippen LogP contribution in [0.4, 0.5) is 11.6 Å². The standard InChI is InChI=1S/C26H35N5O3S/c1-17-13-25(15-33-17)8-11-31(12-9-25)22-19(14-32)29-24(18(2)28-22)35-20-5-10-27-23-21(20)34-16-26(30(23)3)6-4-7-26/h5,10,17,32H,4,6-9,11-16H2,1-3H3/t17-/m0/s1. The first-order chi connectivity index (χ1) is 16.9. The van der Waals surface area contributed by atoms with Crippen LogP contribution in [0.2, 0.25) is 0 Å². The summed E-state index contributed by atoms with van der Waals surface area (Å²) >= 11 is 1.55. The predicted molar refractivity (Wildman–Crippen MR) is 135 cm³/mol. The summed E-state index contributed by atoms with van der Waals surface area (Å²) in [5.74, 6) is 2.54. The number of aromatic nitrogens is 3. The van der Waals surface area contributed by atoms with Gasteiger partial charge in [-0.25, -0.2) is 15.0 Å². The van der Waals surface area contributed by atoms with Gasteiger partial charge in [0.05, 0.1) is 35.4 Å². The van der Waals surface area contributed by atoms with Crippen LogP contribution in [0.3, 0.4) is 0 Å². The van der Waals surface area contributed by atoms with Gasteiger partial charge in [0.15, 0.2) is 17.4 Å². The molecule has 8 nitrogen and oxygen atoms in total. The van der Waals surface area contributed by atoms with Gasteiger partial charge in [-0.3, -0.25) is 0 Å². The van der Waals surface area contributed by atoms with Crippen molar-refractivity contribution < 1.29 is 14.6 Å². The van der Waals surface area contributed by atoms with Crippen molar-refractivity contribution >= 4 is 23.4 Å². The third-order valence-electron chi connectivity index (χ3n) is 8.60. The molecule has 3 aliphatic heterocycles. The van der Waals surface area contributed by atoms with Crippen LogP contribution in [0, 0.1) is 12.3 Å². The van der Waals surface area contributed by atoms with Gasteiger partial charge in [0.25, 0.3) is 0 Å². The molecule has 1 atom stereocenters. The van der Waals surface area contributed by atoms with E-state index in [0.29, 0.717) is 23.8 Å². The SMILES string of the molecule is Cc1nc(N2CCC3(CC2)CO[C@@H](C)C3)c(CO)nc1Sc1ccnc2c1OCC1(CCC1)N2C. The molecular weight excluding hydrogens is 462 g/mol. The zero-order valence-electron chi connectivity index (χ0n) is 20.9. The molecule has 4 aliphatic rings. The summed E-state index contributed by atoms with van der Waals surface area (Å²) in [7, 11) is 2.13. The Hall–Kier alpha value is -2.10. The molecule has 35 heavy (non-hydrogen) atoms. The lowest BCUT2D eigenvalue weighted by molar-refractivity contribution is 0.0975. The quantitative estimate of drug-likeness (QED) is 0.674. The number of fused-ring (bicyclic) bond motifs is 1. The van der Waals surface area contributed by atoms with Crippen LogP contribution >= 0.6 is 11.8 Å². The fraction of sp³-hybridized carbons (Fsp3) is 0.654. The number of ether oxygens (including phenoxy) is 2. The Kier molecular flexibility index (Phi) is 5.85. The van der Waals surface area contributed by atoms with Crippen LogP contribution in [-0.2, 0) is 11.3 Å². The average molecular weight is 498 g/mol. The molecule has 1 N–H and O–H groups in total. The molecule has 0 unspecified atom stereocenters. The maximum Gasteiger partial charge on any atom is 0.175 e. The molecule has 2 spiro atoms. The summed E-state index contributed by atoms with van der Waals surface area (Å²) in [6.07, 6.45) is 9.07. The molecule has 3 fully saturated rings. The average Bonchev–Trinajstić information content (AvgIpc) is 3.20. The van der Waals surface area contributed by atoms with Crippen LogP contribution in [0.5, 0.6) is 5.75 Å². The van der Waals surface area contributed by atoms with Gasteiger partial charge in [-0.05, 0) is 63.9 Å². The van der Waals surface area contributed by atoms with E-state index >= 15 is 0 Å². The second kappa shape index (κ2) is 8.78. The van der Waals surface area contributed by atoms with Crippen molar-refractivity contribution in [3.63, 3.8) is 0 Å². The zero-order valence-corrected chi connectivity index (χ0v) is 21.7. The Bertz CT molecular complexity index is 1120. The lowest BCUT2D eigenvalue weighted by atomic mass is 9.75. The molecular formula is C26H35N5O3S. The van der Waals surface area contributed by atoms with Gasteiger partial charge in [0.1, 0.15) is 17.3 Å². The number of nitrogens with zero attached hydrogens (tertiary/aromatic N) is 5. The van der Waals surface area contributed by atoms with Gasteiger partial charge in [-0.1, -0.05) is 11.8 Å². The van der Waals surface area contributed by atoms with E-state index in [1.807, 2.05) is 19.2 Å². The van der Waals surface area contributed by atoms with Gasteiger partial charge in [-0.15, -0.1) is 0 Å². The van der Waals surface area contributed by atoms with Crippen molar-refractivity contribution in [2.24, 2.45) is 5.41 Å². The maximum absolute atomic E-state index is 10.2. The Morgan fingerprint density at radius 1 is 1.14 bits per heavy atom. The van der Waals surface area contributed by atoms with Crippen LogP contribution in [-0.4, -0.2) is 65.1 Å². The first-order valence-electron chi connectivity index (χ1n) is 12.8. The van der Waals surface area contributed by atoms with Crippen molar-refractivity contribution in [3.8, 4) is 5.75 Å². The van der Waals surface area contributed by atoms with Gasteiger partial charge >= 0.3 is 0 Å². The van der Waals surface area contributed by atoms with Crippen molar-refractivity contribution in [3.05, 3.63) is 23.7 Å². The predicted octanol–water partition coefficient (Wildman–Crippen LogP) is 3.97. The summed E-state index contributed by atoms with van der Waals surface area (Å²) in [5, 5.41) is 11.0. The van der Waals surface area contributed by atoms with E-state index in [1.165, 1.54) is 6.42 Å². The number of likely N-dealkylation sites (N-methyl/N-ethyl adjacent to an activating group) is 1. The minimum absolute atomic E-state index is 0.0976. The van der Waals surface area contributed by atoms with E-state index in [4.69, 9.17) is 19.4 Å². The molecule has 0 aromatic carbocycles. The highest BCUT2D eigenvalue weighted by molar-refractivity contribution is 7.99. The third-order valence-corrected chi connectivity index (χ3v) is 9.72. The molecule has 2 saturated heterocycles. The summed E-state index contributed by atoms with van der Waals surface area (Å²) < 4.78 is 12.2. The first kappa shape index (κ1) is 23.3. The molecule has 188 valence electrons. The molecule has 2 aromatic rings. The van der Waals surface area contributed by atoms with Crippen molar-refractivity contribution in [1.82, 2.24) is 15.0 Å². The molecule has 5 heterocycles. The van der Waals surface area contributed by atoms with E-state index in [2.05, 4.69) is 28.8 Å². The molecule has 9 heteroatoms. The van der Waals surface area contributed by atoms with Crippen LogP contribution in [0.1, 0.15) is 56.8 Å². The fourth-order valence-electron chi connectivity index (χ4n) is 6.14. The summed E-state index contributed by atoms with van der Waals surface area (Å²) in [6, 6.07) is 1.98. The maximum atomic E-state index is 10.2. The smallest absolute Gasteiger partial charge is 0.175 e. The summed E-state index contributed by atoms with van der Waals surface area (Å²) in [6.45, 7) is 7.44. The van der Waals surface area contributed by atoms with Crippen molar-refractivity contribution in [2.75, 3.05) is 43.2 Å². The minimum atomic E-state index is -0.131. The van der Waals surface area contributed by atoms with Gasteiger partial charge in [-0.2, -0.15) is 0 Å². The normalized spacial score (nSPS) is 24.4. The van der Waals surface area contributed by atoms with Crippen LogP contribution in [0.25, 0.3) is 0 Å². The summed E-state index contributed by atoms with van der Waals surface area (Å²) in [4.78, 5) is 20.1. The second-order valence-electron chi connectivity index (χ2n) is 10.8. The van der Waals surface area contributed by atoms with E-state index < -0.39 is 0 Å². The Labute approximate surface area is 211 Å². The van der Waals surface area contributed by atoms with Gasteiger partial charge < -0.3 is 24.4 Å². The molecule has 0 radical (unpaired) electrons. The van der Waals surface area contributed by atoms with Gasteiger partial charge in [0.2, 0.25) is 0 Å². The lowest BCUT2D eigenvalue weighted by Crippen LogP contribution is -2.58. The van der Waals surface area contributed by atoms with E-state index in [-0.39, 0.29) is 12.1 Å². The third kappa shape index (κ3) is 3.96. The minimum Gasteiger partial charge on any atom is -0.486 e. The fourth-order valence-corrected chi connectivity index (χ4v) is 7.07. The number of aliphatic hydroxyl groups is 1. The van der Waals surface area contributed by atoms with Crippen molar-refractivity contribution in [2.45, 2.75) is 80.5 Å². The number of aliphatic hydroxyl groups excluding tert-OH is 1. The second-order valence-corrected chi connectivity index (χ2v) is 11.9. The van der Waals surface area contributed by atoms with Gasteiger partial charge in [0, 0.05) is 26.3 Å². The van der Waals surface area contributed by atoms with E-state index in [9.17, 15) is 5.11 Å². The molecule has 2 aromatic heterocycles. The van der Waals surface area contributed by atoms with Crippen molar-refractivity contribution in [1.29, 1.82) is 0 Å². The number of hydrogen-bond donors (Lipinski definition) is 1. The number of anilines is 2. The van der Waals surface area contributed by atoms with E-state index in [0.717, 1.165) is 84.8 Å². The number of piperidine rings is 1. The number of hydrogen-bond acceptors (Lipinski definition) is 9. The molecule has 1 saturated carbocycles. The highest BCUT2D eigenvalue weighted by atomic mass is 32.2. The molecule has 1 aliphatic carbocycles. The Balaban J connectivity index is 1.23. The highest BCUT2D eigenvalue weighted by Crippen LogP contribution is 2.49. The molecule has 6 rings (SSSR count). The monoisotopic (exact) mass is 497 g/mol. The largest absolute Gasteiger partial charge is 0.486 e. The van der Waals surface area contributed by atoms with E-state index in [1.54, 1.807) is 11.8 Å². The first-order valence-corrected chi connectivity index (χ1v) is 13.6. The summed E-state index contributed by atoms with van der Waals surface area (Å²) in [5.41, 5.74) is 1.91. The topological polar surface area (TPSA) is 83.8 Å². The number of aryl methyl sites for hydroxylation is 1. The highest BCUT2D eigenvalue weighted by Gasteiger charge is 2.46.